The molecule has 0 aromatic carbocycles. The van der Waals surface area contributed by atoms with E-state index in [0.717, 1.165) is 31.9 Å². The van der Waals surface area contributed by atoms with Gasteiger partial charge in [-0.15, -0.1) is 0 Å². The van der Waals surface area contributed by atoms with Gasteiger partial charge in [0.15, 0.2) is 0 Å². The summed E-state index contributed by atoms with van der Waals surface area (Å²) >= 11 is 0. The summed E-state index contributed by atoms with van der Waals surface area (Å²) in [5.74, 6) is 0. The van der Waals surface area contributed by atoms with Gasteiger partial charge in [0, 0.05) is 33.0 Å². The summed E-state index contributed by atoms with van der Waals surface area (Å²) in [7, 11) is -0.200. The van der Waals surface area contributed by atoms with Crippen LogP contribution in [0.25, 0.3) is 0 Å². The molecular formula is C9H22O3Si. The monoisotopic (exact) mass is 206 g/mol. The van der Waals surface area contributed by atoms with Gasteiger partial charge in [0.25, 0.3) is 0 Å². The van der Waals surface area contributed by atoms with E-state index >= 15 is 0 Å². The van der Waals surface area contributed by atoms with Crippen molar-refractivity contribution in [3.8, 4) is 0 Å². The van der Waals surface area contributed by atoms with E-state index in [1.807, 2.05) is 13.8 Å². The third-order valence-electron chi connectivity index (χ3n) is 2.04. The van der Waals surface area contributed by atoms with Crippen LogP contribution < -0.4 is 0 Å². The molecular weight excluding hydrogens is 184 g/mol. The second-order valence-corrected chi connectivity index (χ2v) is 6.48. The minimum Gasteiger partial charge on any atom is -0.394 e. The molecule has 0 bridgehead atoms. The van der Waals surface area contributed by atoms with Crippen LogP contribution in [0.2, 0.25) is 12.1 Å². The maximum atomic E-state index is 5.76. The van der Waals surface area contributed by atoms with Crippen molar-refractivity contribution < 1.29 is 13.6 Å². The smallest absolute Gasteiger partial charge is 0.340 e. The van der Waals surface area contributed by atoms with Crippen molar-refractivity contribution in [2.45, 2.75) is 32.9 Å². The second-order valence-electron chi connectivity index (χ2n) is 2.87. The van der Waals surface area contributed by atoms with Gasteiger partial charge in [0.2, 0.25) is 0 Å². The van der Waals surface area contributed by atoms with Crippen molar-refractivity contribution in [2.75, 3.05) is 26.9 Å². The predicted octanol–water partition coefficient (Wildman–Crippen LogP) is 2.17. The molecule has 13 heavy (non-hydrogen) atoms. The van der Waals surface area contributed by atoms with E-state index in [2.05, 4.69) is 6.92 Å². The fourth-order valence-corrected chi connectivity index (χ4v) is 4.05. The van der Waals surface area contributed by atoms with Gasteiger partial charge in [-0.1, -0.05) is 6.92 Å². The summed E-state index contributed by atoms with van der Waals surface area (Å²) < 4.78 is 16.6. The molecule has 3 nitrogen and oxygen atoms in total. The predicted molar refractivity (Wildman–Crippen MR) is 56.2 cm³/mol. The first-order valence-electron chi connectivity index (χ1n) is 5.01. The van der Waals surface area contributed by atoms with Gasteiger partial charge in [-0.25, -0.2) is 0 Å². The summed E-state index contributed by atoms with van der Waals surface area (Å²) in [5.41, 5.74) is 0. The zero-order valence-corrected chi connectivity index (χ0v) is 10.3. The number of methoxy groups -OCH3 is 1. The Morgan fingerprint density at radius 1 is 1.00 bits per heavy atom. The van der Waals surface area contributed by atoms with E-state index in [-0.39, 0.29) is 0 Å². The highest BCUT2D eigenvalue weighted by molar-refractivity contribution is 6.67. The van der Waals surface area contributed by atoms with Crippen molar-refractivity contribution >= 4 is 8.56 Å². The molecule has 0 aromatic heterocycles. The lowest BCUT2D eigenvalue weighted by molar-refractivity contribution is 0.159. The summed E-state index contributed by atoms with van der Waals surface area (Å²) in [5, 5.41) is 0. The Kier molecular flexibility index (Phi) is 7.55. The van der Waals surface area contributed by atoms with Crippen LogP contribution in [0.3, 0.4) is 0 Å². The number of rotatable bonds is 8. The number of ether oxygens (including phenoxy) is 1. The average molecular weight is 206 g/mol. The van der Waals surface area contributed by atoms with Crippen molar-refractivity contribution in [3.05, 3.63) is 0 Å². The molecule has 0 aliphatic heterocycles. The van der Waals surface area contributed by atoms with E-state index in [4.69, 9.17) is 13.6 Å². The Bertz CT molecular complexity index is 113. The largest absolute Gasteiger partial charge is 0.394 e. The maximum absolute atomic E-state index is 5.76. The molecule has 80 valence electrons. The molecule has 0 saturated heterocycles. The first-order valence-corrected chi connectivity index (χ1v) is 7.24. The molecule has 0 heterocycles. The van der Waals surface area contributed by atoms with Crippen LogP contribution in [0, 0.1) is 0 Å². The Hall–Kier alpha value is 0.0969. The zero-order valence-electron chi connectivity index (χ0n) is 9.26. The van der Waals surface area contributed by atoms with E-state index in [0.29, 0.717) is 0 Å². The normalized spacial score (nSPS) is 12.0. The molecule has 0 amide bonds. The van der Waals surface area contributed by atoms with Crippen LogP contribution in [0.15, 0.2) is 0 Å². The molecule has 0 saturated carbocycles. The minimum absolute atomic E-state index is 0.736. The molecule has 0 aromatic rings. The fraction of sp³-hybridized carbons (Fsp3) is 1.00. The highest BCUT2D eigenvalue weighted by Gasteiger charge is 2.34. The highest BCUT2D eigenvalue weighted by Crippen LogP contribution is 2.18. The topological polar surface area (TPSA) is 27.7 Å². The SMILES string of the molecule is CCO[Si](CC)(CCOC)OCC. The number of hydrogen-bond donors (Lipinski definition) is 0. The van der Waals surface area contributed by atoms with Crippen LogP contribution >= 0.6 is 0 Å². The lowest BCUT2D eigenvalue weighted by Crippen LogP contribution is -2.42. The quantitative estimate of drug-likeness (QED) is 0.570. The Balaban J connectivity index is 4.07. The van der Waals surface area contributed by atoms with E-state index in [1.54, 1.807) is 7.11 Å². The third-order valence-corrected chi connectivity index (χ3v) is 5.71. The molecule has 0 radical (unpaired) electrons. The van der Waals surface area contributed by atoms with Crippen molar-refractivity contribution in [1.82, 2.24) is 0 Å². The third kappa shape index (κ3) is 4.76. The molecule has 0 atom stereocenters. The van der Waals surface area contributed by atoms with E-state index in [1.165, 1.54) is 0 Å². The summed E-state index contributed by atoms with van der Waals surface area (Å²) in [4.78, 5) is 0. The lowest BCUT2D eigenvalue weighted by atomic mass is 10.9. The minimum atomic E-state index is -1.92. The van der Waals surface area contributed by atoms with E-state index in [9.17, 15) is 0 Å². The summed E-state index contributed by atoms with van der Waals surface area (Å²) in [6.45, 7) is 8.38. The molecule has 0 fully saturated rings. The Labute approximate surface area is 82.6 Å². The van der Waals surface area contributed by atoms with Gasteiger partial charge < -0.3 is 13.6 Å². The van der Waals surface area contributed by atoms with Crippen LogP contribution in [-0.2, 0) is 13.6 Å². The standard InChI is InChI=1S/C9H22O3Si/c1-5-11-13(7-3,12-6-2)9-8-10-4/h5-9H2,1-4H3. The molecule has 0 unspecified atom stereocenters. The van der Waals surface area contributed by atoms with Gasteiger partial charge in [-0.05, 0) is 19.9 Å². The number of hydrogen-bond acceptors (Lipinski definition) is 3. The fourth-order valence-electron chi connectivity index (χ4n) is 1.35. The van der Waals surface area contributed by atoms with Crippen molar-refractivity contribution in [2.24, 2.45) is 0 Å². The Morgan fingerprint density at radius 3 is 1.85 bits per heavy atom. The highest BCUT2D eigenvalue weighted by atomic mass is 28.4. The van der Waals surface area contributed by atoms with Crippen LogP contribution in [-0.4, -0.2) is 35.5 Å². The van der Waals surface area contributed by atoms with Gasteiger partial charge in [-0.3, -0.25) is 0 Å². The zero-order chi connectivity index (χ0) is 10.2. The molecule has 0 aliphatic rings. The molecule has 0 rings (SSSR count). The van der Waals surface area contributed by atoms with Crippen molar-refractivity contribution in [1.29, 1.82) is 0 Å². The van der Waals surface area contributed by atoms with Crippen LogP contribution in [0.4, 0.5) is 0 Å². The van der Waals surface area contributed by atoms with Crippen LogP contribution in [0.1, 0.15) is 20.8 Å². The first-order chi connectivity index (χ1) is 6.24. The first kappa shape index (κ1) is 13.1. The Morgan fingerprint density at radius 2 is 1.54 bits per heavy atom. The van der Waals surface area contributed by atoms with E-state index < -0.39 is 8.56 Å². The van der Waals surface area contributed by atoms with Crippen LogP contribution in [0.5, 0.6) is 0 Å². The summed E-state index contributed by atoms with van der Waals surface area (Å²) in [6.07, 6.45) is 0. The maximum Gasteiger partial charge on any atom is 0.340 e. The van der Waals surface area contributed by atoms with Crippen molar-refractivity contribution in [3.63, 3.8) is 0 Å². The van der Waals surface area contributed by atoms with Gasteiger partial charge >= 0.3 is 8.56 Å². The van der Waals surface area contributed by atoms with Gasteiger partial charge in [0.1, 0.15) is 0 Å². The second kappa shape index (κ2) is 7.50. The molecule has 0 N–H and O–H groups in total. The molecule has 4 heteroatoms. The van der Waals surface area contributed by atoms with Gasteiger partial charge in [0.05, 0.1) is 0 Å². The molecule has 0 spiro atoms. The average Bonchev–Trinajstić information content (AvgIpc) is 2.15. The van der Waals surface area contributed by atoms with Gasteiger partial charge in [-0.2, -0.15) is 0 Å². The molecule has 0 aliphatic carbocycles. The lowest BCUT2D eigenvalue weighted by Gasteiger charge is -2.28. The summed E-state index contributed by atoms with van der Waals surface area (Å²) in [6, 6.07) is 1.93.